The average molecular weight is 301 g/mol. The smallest absolute Gasteiger partial charge is 0.265 e. The summed E-state index contributed by atoms with van der Waals surface area (Å²) in [4.78, 5) is 4.21. The van der Waals surface area contributed by atoms with Gasteiger partial charge < -0.3 is 4.57 Å². The number of hydrogen-bond acceptors (Lipinski definition) is 1. The number of rotatable bonds is 2. The predicted octanol–water partition coefficient (Wildman–Crippen LogP) is 4.19. The number of halogens is 3. The van der Waals surface area contributed by atoms with Gasteiger partial charge >= 0.3 is 0 Å². The minimum atomic E-state index is -2.45. The van der Waals surface area contributed by atoms with Gasteiger partial charge in [0.25, 0.3) is 6.43 Å². The number of hydrogen-bond donors (Lipinski definition) is 0. The third-order valence-corrected chi connectivity index (χ3v) is 3.12. The van der Waals surface area contributed by atoms with Crippen LogP contribution in [-0.4, -0.2) is 9.55 Å². The van der Waals surface area contributed by atoms with Crippen LogP contribution in [0.2, 0.25) is 0 Å². The van der Waals surface area contributed by atoms with Crippen molar-refractivity contribution in [2.75, 3.05) is 0 Å². The fraction of sp³-hybridized carbons (Fsp3) is 0.250. The van der Waals surface area contributed by atoms with Crippen molar-refractivity contribution in [1.82, 2.24) is 9.55 Å². The summed E-state index contributed by atoms with van der Waals surface area (Å²) in [6.07, 6.45) is -0.804. The normalized spacial score (nSPS) is 11.2. The van der Waals surface area contributed by atoms with E-state index in [1.807, 2.05) is 6.07 Å². The molecule has 90 valence electrons. The molecule has 0 spiro atoms. The summed E-state index contributed by atoms with van der Waals surface area (Å²) in [6, 6.07) is 5.13. The standard InChI is InChI=1S/C12H11BrF2N2/c1-7-5-10(12(14)15)8(2)17(7)11-4-3-9(13)6-16-11/h3-6,12H,1-2H3. The Balaban J connectivity index is 2.56. The molecule has 2 rings (SSSR count). The van der Waals surface area contributed by atoms with E-state index in [1.54, 1.807) is 30.7 Å². The Morgan fingerprint density at radius 3 is 2.47 bits per heavy atom. The lowest BCUT2D eigenvalue weighted by Crippen LogP contribution is -2.02. The van der Waals surface area contributed by atoms with Crippen molar-refractivity contribution in [2.24, 2.45) is 0 Å². The zero-order chi connectivity index (χ0) is 12.6. The molecule has 2 aromatic heterocycles. The number of nitrogens with zero attached hydrogens (tertiary/aromatic N) is 2. The molecule has 0 bridgehead atoms. The highest BCUT2D eigenvalue weighted by atomic mass is 79.9. The van der Waals surface area contributed by atoms with Crippen LogP contribution in [0.15, 0.2) is 28.9 Å². The Kier molecular flexibility index (Phi) is 3.28. The fourth-order valence-corrected chi connectivity index (χ4v) is 2.10. The maximum absolute atomic E-state index is 12.8. The van der Waals surface area contributed by atoms with Crippen LogP contribution >= 0.6 is 15.9 Å². The number of pyridine rings is 1. The highest BCUT2D eigenvalue weighted by molar-refractivity contribution is 9.10. The highest BCUT2D eigenvalue weighted by Gasteiger charge is 2.17. The monoisotopic (exact) mass is 300 g/mol. The van der Waals surface area contributed by atoms with Gasteiger partial charge in [0.05, 0.1) is 0 Å². The first kappa shape index (κ1) is 12.2. The SMILES string of the molecule is Cc1cc(C(F)F)c(C)n1-c1ccc(Br)cn1. The predicted molar refractivity (Wildman–Crippen MR) is 65.7 cm³/mol. The molecule has 0 N–H and O–H groups in total. The lowest BCUT2D eigenvalue weighted by molar-refractivity contribution is 0.150. The van der Waals surface area contributed by atoms with Gasteiger partial charge in [-0.15, -0.1) is 0 Å². The van der Waals surface area contributed by atoms with E-state index >= 15 is 0 Å². The van der Waals surface area contributed by atoms with Crippen LogP contribution in [0.1, 0.15) is 23.4 Å². The van der Waals surface area contributed by atoms with E-state index in [4.69, 9.17) is 0 Å². The zero-order valence-corrected chi connectivity index (χ0v) is 11.0. The van der Waals surface area contributed by atoms with Gasteiger partial charge in [0.2, 0.25) is 0 Å². The first-order chi connectivity index (χ1) is 8.00. The Morgan fingerprint density at radius 1 is 1.29 bits per heavy atom. The first-order valence-electron chi connectivity index (χ1n) is 5.09. The molecule has 0 aromatic carbocycles. The molecular formula is C12H11BrF2N2. The molecule has 0 amide bonds. The van der Waals surface area contributed by atoms with Crippen molar-refractivity contribution in [2.45, 2.75) is 20.3 Å². The number of aromatic nitrogens is 2. The van der Waals surface area contributed by atoms with Gasteiger partial charge in [0, 0.05) is 27.6 Å². The Labute approximate surface area is 106 Å². The molecule has 0 fully saturated rings. The van der Waals surface area contributed by atoms with Crippen molar-refractivity contribution < 1.29 is 8.78 Å². The zero-order valence-electron chi connectivity index (χ0n) is 9.42. The van der Waals surface area contributed by atoms with E-state index in [1.165, 1.54) is 6.07 Å². The first-order valence-corrected chi connectivity index (χ1v) is 5.89. The van der Waals surface area contributed by atoms with Gasteiger partial charge in [-0.25, -0.2) is 13.8 Å². The molecular weight excluding hydrogens is 290 g/mol. The molecule has 0 aliphatic rings. The van der Waals surface area contributed by atoms with Gasteiger partial charge in [-0.1, -0.05) is 0 Å². The Morgan fingerprint density at radius 2 is 2.00 bits per heavy atom. The molecule has 0 saturated carbocycles. The maximum Gasteiger partial charge on any atom is 0.265 e. The van der Waals surface area contributed by atoms with E-state index < -0.39 is 6.43 Å². The summed E-state index contributed by atoms with van der Waals surface area (Å²) >= 11 is 3.29. The molecule has 5 heteroatoms. The lowest BCUT2D eigenvalue weighted by atomic mass is 10.2. The molecule has 2 heterocycles. The second-order valence-corrected chi connectivity index (χ2v) is 4.71. The molecule has 0 atom stereocenters. The molecule has 0 radical (unpaired) electrons. The quantitative estimate of drug-likeness (QED) is 0.813. The van der Waals surface area contributed by atoms with Gasteiger partial charge in [-0.3, -0.25) is 0 Å². The van der Waals surface area contributed by atoms with Crippen LogP contribution in [0, 0.1) is 13.8 Å². The van der Waals surface area contributed by atoms with Crippen LogP contribution in [0.4, 0.5) is 8.78 Å². The molecule has 2 aromatic rings. The minimum absolute atomic E-state index is 0.0622. The average Bonchev–Trinajstić information content (AvgIpc) is 2.56. The third-order valence-electron chi connectivity index (χ3n) is 2.65. The minimum Gasteiger partial charge on any atom is -0.303 e. The van der Waals surface area contributed by atoms with Gasteiger partial charge in [0.15, 0.2) is 0 Å². The largest absolute Gasteiger partial charge is 0.303 e. The van der Waals surface area contributed by atoms with Crippen molar-refractivity contribution in [3.63, 3.8) is 0 Å². The molecule has 2 nitrogen and oxygen atoms in total. The second-order valence-electron chi connectivity index (χ2n) is 3.80. The van der Waals surface area contributed by atoms with Gasteiger partial charge in [-0.2, -0.15) is 0 Å². The van der Waals surface area contributed by atoms with Crippen molar-refractivity contribution in [3.05, 3.63) is 45.8 Å². The third kappa shape index (κ3) is 2.24. The van der Waals surface area contributed by atoms with E-state index in [0.29, 0.717) is 11.5 Å². The van der Waals surface area contributed by atoms with Crippen molar-refractivity contribution in [3.8, 4) is 5.82 Å². The van der Waals surface area contributed by atoms with E-state index in [2.05, 4.69) is 20.9 Å². The molecule has 0 aliphatic carbocycles. The lowest BCUT2D eigenvalue weighted by Gasteiger charge is -2.08. The maximum atomic E-state index is 12.8. The van der Waals surface area contributed by atoms with E-state index in [0.717, 1.165) is 10.2 Å². The van der Waals surface area contributed by atoms with Crippen LogP contribution in [0.25, 0.3) is 5.82 Å². The van der Waals surface area contributed by atoms with Crippen LogP contribution < -0.4 is 0 Å². The summed E-state index contributed by atoms with van der Waals surface area (Å²) in [6.45, 7) is 3.47. The van der Waals surface area contributed by atoms with E-state index in [-0.39, 0.29) is 5.56 Å². The molecule has 17 heavy (non-hydrogen) atoms. The fourth-order valence-electron chi connectivity index (χ4n) is 1.86. The topological polar surface area (TPSA) is 17.8 Å². The van der Waals surface area contributed by atoms with Crippen LogP contribution in [0.5, 0.6) is 0 Å². The molecule has 0 unspecified atom stereocenters. The summed E-state index contributed by atoms with van der Waals surface area (Å²) in [7, 11) is 0. The highest BCUT2D eigenvalue weighted by Crippen LogP contribution is 2.27. The van der Waals surface area contributed by atoms with Gasteiger partial charge in [-0.05, 0) is 48.0 Å². The summed E-state index contributed by atoms with van der Waals surface area (Å²) < 4.78 is 28.1. The number of alkyl halides is 2. The summed E-state index contributed by atoms with van der Waals surface area (Å²) in [5, 5.41) is 0. The Bertz CT molecular complexity index is 532. The molecule has 0 saturated heterocycles. The van der Waals surface area contributed by atoms with Crippen molar-refractivity contribution >= 4 is 15.9 Å². The number of aryl methyl sites for hydroxylation is 1. The van der Waals surface area contributed by atoms with Crippen molar-refractivity contribution in [1.29, 1.82) is 0 Å². The van der Waals surface area contributed by atoms with Gasteiger partial charge in [0.1, 0.15) is 5.82 Å². The van der Waals surface area contributed by atoms with E-state index in [9.17, 15) is 8.78 Å². The van der Waals surface area contributed by atoms with Crippen LogP contribution in [0.3, 0.4) is 0 Å². The summed E-state index contributed by atoms with van der Waals surface area (Å²) in [5.41, 5.74) is 1.35. The summed E-state index contributed by atoms with van der Waals surface area (Å²) in [5.74, 6) is 0.648. The second kappa shape index (κ2) is 4.56. The van der Waals surface area contributed by atoms with Crippen LogP contribution in [-0.2, 0) is 0 Å². The molecule has 0 aliphatic heterocycles. The Hall–Kier alpha value is -1.23.